The van der Waals surface area contributed by atoms with Gasteiger partial charge in [-0.25, -0.2) is 4.79 Å². The van der Waals surface area contributed by atoms with Gasteiger partial charge < -0.3 is 10.1 Å². The second-order valence-electron chi connectivity index (χ2n) is 6.31. The van der Waals surface area contributed by atoms with E-state index in [1.165, 1.54) is 19.3 Å². The fourth-order valence-corrected chi connectivity index (χ4v) is 3.37. The number of benzene rings is 1. The Labute approximate surface area is 131 Å². The number of fused-ring (bicyclic) bond motifs is 1. The van der Waals surface area contributed by atoms with E-state index in [2.05, 4.69) is 5.32 Å². The van der Waals surface area contributed by atoms with Gasteiger partial charge in [0.25, 0.3) is 5.91 Å². The van der Waals surface area contributed by atoms with Crippen LogP contribution in [0, 0.1) is 0 Å². The van der Waals surface area contributed by atoms with Crippen LogP contribution in [0.3, 0.4) is 0 Å². The van der Waals surface area contributed by atoms with E-state index in [9.17, 15) is 9.59 Å². The van der Waals surface area contributed by atoms with Crippen LogP contribution in [0.15, 0.2) is 24.3 Å². The molecule has 0 spiro atoms. The molecule has 3 rings (SSSR count). The summed E-state index contributed by atoms with van der Waals surface area (Å²) in [5.41, 5.74) is 1.48. The van der Waals surface area contributed by atoms with Gasteiger partial charge in [0.15, 0.2) is 6.10 Å². The van der Waals surface area contributed by atoms with E-state index in [1.54, 1.807) is 6.07 Å². The molecule has 1 unspecified atom stereocenters. The van der Waals surface area contributed by atoms with Crippen LogP contribution in [-0.2, 0) is 16.0 Å². The van der Waals surface area contributed by atoms with Crippen LogP contribution in [0.2, 0.25) is 0 Å². The first kappa shape index (κ1) is 15.1. The molecule has 1 amide bonds. The predicted molar refractivity (Wildman–Crippen MR) is 83.6 cm³/mol. The summed E-state index contributed by atoms with van der Waals surface area (Å²) in [6, 6.07) is 7.58. The van der Waals surface area contributed by atoms with Crippen molar-refractivity contribution in [3.63, 3.8) is 0 Å². The van der Waals surface area contributed by atoms with Gasteiger partial charge in [-0.05, 0) is 24.5 Å². The molecule has 0 saturated heterocycles. The highest BCUT2D eigenvalue weighted by atomic mass is 16.5. The Morgan fingerprint density at radius 2 is 1.73 bits per heavy atom. The van der Waals surface area contributed by atoms with E-state index in [0.717, 1.165) is 31.2 Å². The predicted octanol–water partition coefficient (Wildman–Crippen LogP) is 3.00. The minimum Gasteiger partial charge on any atom is -0.448 e. The van der Waals surface area contributed by atoms with Crippen molar-refractivity contribution in [3.05, 3.63) is 35.4 Å². The summed E-state index contributed by atoms with van der Waals surface area (Å²) in [6.45, 7) is 0. The molecule has 0 radical (unpaired) electrons. The zero-order chi connectivity index (χ0) is 15.4. The van der Waals surface area contributed by atoms with Gasteiger partial charge in [-0.3, -0.25) is 4.79 Å². The number of carbonyl (C=O) groups is 2. The normalized spacial score (nSPS) is 22.9. The molecule has 1 fully saturated rings. The lowest BCUT2D eigenvalue weighted by Gasteiger charge is -2.27. The molecule has 1 N–H and O–H groups in total. The van der Waals surface area contributed by atoms with Crippen LogP contribution < -0.4 is 5.32 Å². The molecule has 1 aromatic rings. The Morgan fingerprint density at radius 1 is 1.05 bits per heavy atom. The Kier molecular flexibility index (Phi) is 4.76. The number of cyclic esters (lactones) is 1. The minimum absolute atomic E-state index is 0.145. The number of rotatable bonds is 2. The van der Waals surface area contributed by atoms with E-state index in [1.807, 2.05) is 18.2 Å². The minimum atomic E-state index is -0.687. The van der Waals surface area contributed by atoms with Crippen LogP contribution in [0.4, 0.5) is 0 Å². The van der Waals surface area contributed by atoms with Gasteiger partial charge >= 0.3 is 5.97 Å². The highest BCUT2D eigenvalue weighted by molar-refractivity contribution is 5.95. The summed E-state index contributed by atoms with van der Waals surface area (Å²) >= 11 is 0. The molecule has 1 aliphatic carbocycles. The van der Waals surface area contributed by atoms with Crippen molar-refractivity contribution in [2.45, 2.75) is 63.5 Å². The Bertz CT molecular complexity index is 547. The lowest BCUT2D eigenvalue weighted by Crippen LogP contribution is -2.46. The number of hydrogen-bond acceptors (Lipinski definition) is 3. The first-order valence-electron chi connectivity index (χ1n) is 8.33. The molecule has 4 heteroatoms. The standard InChI is InChI=1S/C18H23NO3/c20-17(19-14-9-4-2-1-3-5-10-14)16-12-13-8-6-7-11-15(13)18(21)22-16/h6-8,11,14,16H,1-5,9-10,12H2,(H,19,20). The third-order valence-electron chi connectivity index (χ3n) is 4.64. The third-order valence-corrected chi connectivity index (χ3v) is 4.64. The molecule has 0 aromatic heterocycles. The number of hydrogen-bond donors (Lipinski definition) is 1. The molecule has 22 heavy (non-hydrogen) atoms. The van der Waals surface area contributed by atoms with Crippen molar-refractivity contribution in [2.24, 2.45) is 0 Å². The van der Waals surface area contributed by atoms with Crippen LogP contribution >= 0.6 is 0 Å². The first-order chi connectivity index (χ1) is 10.7. The van der Waals surface area contributed by atoms with E-state index in [-0.39, 0.29) is 17.9 Å². The lowest BCUT2D eigenvalue weighted by atomic mass is 9.95. The van der Waals surface area contributed by atoms with Crippen molar-refractivity contribution in [1.29, 1.82) is 0 Å². The van der Waals surface area contributed by atoms with Gasteiger partial charge in [-0.15, -0.1) is 0 Å². The number of esters is 1. The quantitative estimate of drug-likeness (QED) is 0.854. The third kappa shape index (κ3) is 3.49. The van der Waals surface area contributed by atoms with Crippen molar-refractivity contribution < 1.29 is 14.3 Å². The second kappa shape index (κ2) is 6.95. The fourth-order valence-electron chi connectivity index (χ4n) is 3.37. The Morgan fingerprint density at radius 3 is 2.50 bits per heavy atom. The summed E-state index contributed by atoms with van der Waals surface area (Å²) in [5, 5.41) is 3.09. The number of amides is 1. The summed E-state index contributed by atoms with van der Waals surface area (Å²) < 4.78 is 5.32. The average Bonchev–Trinajstić information content (AvgIpc) is 2.49. The maximum Gasteiger partial charge on any atom is 0.339 e. The van der Waals surface area contributed by atoms with Crippen LogP contribution in [0.1, 0.15) is 60.9 Å². The molecule has 4 nitrogen and oxygen atoms in total. The Hall–Kier alpha value is -1.84. The first-order valence-corrected chi connectivity index (χ1v) is 8.33. The van der Waals surface area contributed by atoms with Crippen molar-refractivity contribution >= 4 is 11.9 Å². The van der Waals surface area contributed by atoms with Gasteiger partial charge in [-0.2, -0.15) is 0 Å². The maximum absolute atomic E-state index is 12.4. The average molecular weight is 301 g/mol. The molecule has 2 aliphatic rings. The summed E-state index contributed by atoms with van der Waals surface area (Å²) in [4.78, 5) is 24.4. The smallest absolute Gasteiger partial charge is 0.339 e. The molecule has 1 atom stereocenters. The second-order valence-corrected chi connectivity index (χ2v) is 6.31. The highest BCUT2D eigenvalue weighted by Gasteiger charge is 2.31. The number of carbonyl (C=O) groups excluding carboxylic acids is 2. The van der Waals surface area contributed by atoms with Crippen molar-refractivity contribution in [1.82, 2.24) is 5.32 Å². The van der Waals surface area contributed by atoms with E-state index >= 15 is 0 Å². The van der Waals surface area contributed by atoms with Crippen LogP contribution in [0.5, 0.6) is 0 Å². The van der Waals surface area contributed by atoms with Gasteiger partial charge in [0.1, 0.15) is 0 Å². The van der Waals surface area contributed by atoms with E-state index in [0.29, 0.717) is 12.0 Å². The molecular formula is C18H23NO3. The number of nitrogens with one attached hydrogen (secondary N) is 1. The van der Waals surface area contributed by atoms with Gasteiger partial charge in [-0.1, -0.05) is 50.3 Å². The van der Waals surface area contributed by atoms with Crippen molar-refractivity contribution in [2.75, 3.05) is 0 Å². The van der Waals surface area contributed by atoms with Crippen molar-refractivity contribution in [3.8, 4) is 0 Å². The molecule has 1 aromatic carbocycles. The lowest BCUT2D eigenvalue weighted by molar-refractivity contribution is -0.131. The summed E-state index contributed by atoms with van der Waals surface area (Å²) in [7, 11) is 0. The van der Waals surface area contributed by atoms with E-state index in [4.69, 9.17) is 4.74 Å². The maximum atomic E-state index is 12.4. The molecule has 118 valence electrons. The fraction of sp³-hybridized carbons (Fsp3) is 0.556. The topological polar surface area (TPSA) is 55.4 Å². The summed E-state index contributed by atoms with van der Waals surface area (Å²) in [5.74, 6) is -0.534. The molecule has 1 heterocycles. The Balaban J connectivity index is 1.62. The number of ether oxygens (including phenoxy) is 1. The molecule has 1 aliphatic heterocycles. The monoisotopic (exact) mass is 301 g/mol. The highest BCUT2D eigenvalue weighted by Crippen LogP contribution is 2.22. The molecule has 0 bridgehead atoms. The summed E-state index contributed by atoms with van der Waals surface area (Å²) in [6.07, 6.45) is 7.98. The van der Waals surface area contributed by atoms with E-state index < -0.39 is 6.10 Å². The molecule has 1 saturated carbocycles. The SMILES string of the molecule is O=C1OC(C(=O)NC2CCCCCCC2)Cc2ccccc21. The van der Waals surface area contributed by atoms with Crippen LogP contribution in [0.25, 0.3) is 0 Å². The van der Waals surface area contributed by atoms with Gasteiger partial charge in [0.2, 0.25) is 0 Å². The zero-order valence-electron chi connectivity index (χ0n) is 12.8. The molecular weight excluding hydrogens is 278 g/mol. The van der Waals surface area contributed by atoms with Gasteiger partial charge in [0, 0.05) is 12.5 Å². The largest absolute Gasteiger partial charge is 0.448 e. The van der Waals surface area contributed by atoms with Gasteiger partial charge in [0.05, 0.1) is 5.56 Å². The van der Waals surface area contributed by atoms with Crippen LogP contribution in [-0.4, -0.2) is 24.0 Å². The zero-order valence-corrected chi connectivity index (χ0v) is 12.8.